The lowest BCUT2D eigenvalue weighted by atomic mass is 10.0. The molecule has 2 aromatic heterocycles. The molecule has 2 N–H and O–H groups in total. The van der Waals surface area contributed by atoms with Crippen LogP contribution in [0.3, 0.4) is 0 Å². The largest absolute Gasteiger partial charge is 0.405 e. The summed E-state index contributed by atoms with van der Waals surface area (Å²) in [5.41, 5.74) is 15.4. The van der Waals surface area contributed by atoms with E-state index >= 15 is 0 Å². The van der Waals surface area contributed by atoms with Crippen LogP contribution >= 0.6 is 0 Å². The zero-order valence-electron chi connectivity index (χ0n) is 26.9. The van der Waals surface area contributed by atoms with Gasteiger partial charge in [0.15, 0.2) is 0 Å². The van der Waals surface area contributed by atoms with E-state index in [4.69, 9.17) is 5.73 Å². The number of hydrogen-bond donors (Lipinski definition) is 1. The number of nitrogens with zero attached hydrogens (tertiary/aromatic N) is 2. The molecule has 0 amide bonds. The van der Waals surface area contributed by atoms with Gasteiger partial charge in [-0.05, 0) is 108 Å². The Bertz CT molecular complexity index is 2580. The molecule has 0 aliphatic heterocycles. The third-order valence-electron chi connectivity index (χ3n) is 9.10. The van der Waals surface area contributed by atoms with Gasteiger partial charge in [0.2, 0.25) is 0 Å². The molecular weight excluding hydrogens is 602 g/mol. The zero-order chi connectivity index (χ0) is 33.2. The smallest absolute Gasteiger partial charge is 0.123 e. The lowest BCUT2D eigenvalue weighted by Crippen LogP contribution is -1.94. The molecule has 0 radical (unpaired) electrons. The SMILES string of the molecule is N\C=C/C=C\C=C\C=C\Cc1ccc(-n2c3ccccc3c3cc(-c4ccc5c(c4)c4cc(F)ccc4n5-c4ccccc4)ccc32)cc1. The van der Waals surface area contributed by atoms with E-state index in [0.29, 0.717) is 0 Å². The lowest BCUT2D eigenvalue weighted by molar-refractivity contribution is 0.629. The number of benzene rings is 6. The maximum absolute atomic E-state index is 14.6. The van der Waals surface area contributed by atoms with Crippen LogP contribution in [0, 0.1) is 5.82 Å². The number of halogens is 1. The van der Waals surface area contributed by atoms with Crippen molar-refractivity contribution in [3.63, 3.8) is 0 Å². The average Bonchev–Trinajstić information content (AvgIpc) is 3.65. The number of hydrogen-bond acceptors (Lipinski definition) is 1. The van der Waals surface area contributed by atoms with Crippen LogP contribution in [0.2, 0.25) is 0 Å². The van der Waals surface area contributed by atoms with Crippen molar-refractivity contribution in [3.05, 3.63) is 194 Å². The molecule has 6 aromatic carbocycles. The molecule has 0 atom stereocenters. The number of nitrogens with two attached hydrogens (primary N) is 1. The average molecular weight is 636 g/mol. The van der Waals surface area contributed by atoms with Gasteiger partial charge in [0.05, 0.1) is 22.1 Å². The summed E-state index contributed by atoms with van der Waals surface area (Å²) in [5.74, 6) is -0.235. The molecule has 0 unspecified atom stereocenters. The third kappa shape index (κ3) is 5.64. The highest BCUT2D eigenvalue weighted by Gasteiger charge is 2.16. The van der Waals surface area contributed by atoms with Gasteiger partial charge in [-0.1, -0.05) is 97.1 Å². The molecule has 0 saturated heterocycles. The quantitative estimate of drug-likeness (QED) is 0.166. The molecule has 0 saturated carbocycles. The molecule has 49 heavy (non-hydrogen) atoms. The van der Waals surface area contributed by atoms with E-state index in [-0.39, 0.29) is 5.82 Å². The van der Waals surface area contributed by atoms with Crippen molar-refractivity contribution in [1.29, 1.82) is 0 Å². The summed E-state index contributed by atoms with van der Waals surface area (Å²) in [4.78, 5) is 0. The Morgan fingerprint density at radius 2 is 1.00 bits per heavy atom. The summed E-state index contributed by atoms with van der Waals surface area (Å²) in [6.07, 6.45) is 16.2. The van der Waals surface area contributed by atoms with Crippen LogP contribution in [-0.2, 0) is 6.42 Å². The summed E-state index contributed by atoms with van der Waals surface area (Å²) in [6.45, 7) is 0. The highest BCUT2D eigenvalue weighted by molar-refractivity contribution is 6.12. The first-order chi connectivity index (χ1) is 24.2. The molecule has 8 rings (SSSR count). The summed E-state index contributed by atoms with van der Waals surface area (Å²) in [7, 11) is 0. The van der Waals surface area contributed by atoms with E-state index < -0.39 is 0 Å². The summed E-state index contributed by atoms with van der Waals surface area (Å²) < 4.78 is 19.1. The maximum atomic E-state index is 14.6. The van der Waals surface area contributed by atoms with Gasteiger partial charge in [-0.15, -0.1) is 0 Å². The number of fused-ring (bicyclic) bond motifs is 6. The number of aromatic nitrogens is 2. The first-order valence-corrected chi connectivity index (χ1v) is 16.5. The molecule has 0 fully saturated rings. The number of para-hydroxylation sites is 2. The summed E-state index contributed by atoms with van der Waals surface area (Å²) >= 11 is 0. The van der Waals surface area contributed by atoms with Crippen LogP contribution in [0.1, 0.15) is 5.56 Å². The highest BCUT2D eigenvalue weighted by atomic mass is 19.1. The van der Waals surface area contributed by atoms with Crippen molar-refractivity contribution < 1.29 is 4.39 Å². The standard InChI is InChI=1S/C45H34FN3/c46-35-22-27-45-41(31-35)40-30-34(21-26-44(40)48(45)36-14-8-6-9-15-36)33-20-25-43-39(29-33)38-16-10-11-17-42(38)49(43)37-23-18-32(19-24-37)13-7-4-2-1-3-5-12-28-47/h1-12,14-31H,13,47H2/b2-1+,5-3-,7-4+,28-12-. The lowest BCUT2D eigenvalue weighted by Gasteiger charge is -2.10. The molecule has 0 bridgehead atoms. The van der Waals surface area contributed by atoms with Gasteiger partial charge >= 0.3 is 0 Å². The molecule has 3 nitrogen and oxygen atoms in total. The van der Waals surface area contributed by atoms with E-state index in [0.717, 1.165) is 56.2 Å². The topological polar surface area (TPSA) is 35.9 Å². The van der Waals surface area contributed by atoms with Crippen LogP contribution < -0.4 is 5.73 Å². The Kier molecular flexibility index (Phi) is 7.96. The van der Waals surface area contributed by atoms with Crippen molar-refractivity contribution in [2.24, 2.45) is 5.73 Å². The van der Waals surface area contributed by atoms with Gasteiger partial charge in [-0.2, -0.15) is 0 Å². The minimum Gasteiger partial charge on any atom is -0.405 e. The Morgan fingerprint density at radius 1 is 0.469 bits per heavy atom. The number of rotatable bonds is 8. The molecule has 0 spiro atoms. The van der Waals surface area contributed by atoms with Gasteiger partial charge < -0.3 is 14.9 Å². The van der Waals surface area contributed by atoms with Crippen LogP contribution in [0.4, 0.5) is 4.39 Å². The minimum atomic E-state index is -0.235. The number of allylic oxidation sites excluding steroid dienone is 7. The zero-order valence-corrected chi connectivity index (χ0v) is 26.9. The first-order valence-electron chi connectivity index (χ1n) is 16.5. The van der Waals surface area contributed by atoms with Crippen molar-refractivity contribution >= 4 is 43.6 Å². The Hall–Kier alpha value is -6.39. The predicted octanol–water partition coefficient (Wildman–Crippen LogP) is 11.4. The molecule has 2 heterocycles. The molecular formula is C45H34FN3. The Labute approximate surface area is 284 Å². The molecule has 4 heteroatoms. The highest BCUT2D eigenvalue weighted by Crippen LogP contribution is 2.38. The van der Waals surface area contributed by atoms with Crippen LogP contribution in [-0.4, -0.2) is 9.13 Å². The third-order valence-corrected chi connectivity index (χ3v) is 9.10. The molecule has 236 valence electrons. The molecule has 0 aliphatic rings. The summed E-state index contributed by atoms with van der Waals surface area (Å²) in [5, 5.41) is 4.33. The van der Waals surface area contributed by atoms with E-state index in [2.05, 4.69) is 118 Å². The molecule has 8 aromatic rings. The summed E-state index contributed by atoms with van der Waals surface area (Å²) in [6, 6.07) is 46.0. The first kappa shape index (κ1) is 30.0. The second-order valence-electron chi connectivity index (χ2n) is 12.1. The Morgan fingerprint density at radius 3 is 1.69 bits per heavy atom. The maximum Gasteiger partial charge on any atom is 0.123 e. The fourth-order valence-electron chi connectivity index (χ4n) is 6.85. The molecule has 0 aliphatic carbocycles. The second kappa shape index (κ2) is 13.0. The van der Waals surface area contributed by atoms with Gasteiger partial charge in [0.1, 0.15) is 5.82 Å². The van der Waals surface area contributed by atoms with E-state index in [9.17, 15) is 4.39 Å². The van der Waals surface area contributed by atoms with Crippen LogP contribution in [0.5, 0.6) is 0 Å². The fourth-order valence-corrected chi connectivity index (χ4v) is 6.85. The normalized spacial score (nSPS) is 12.4. The fraction of sp³-hybridized carbons (Fsp3) is 0.0222. The predicted molar refractivity (Wildman–Crippen MR) is 205 cm³/mol. The van der Waals surface area contributed by atoms with Crippen molar-refractivity contribution in [2.75, 3.05) is 0 Å². The second-order valence-corrected chi connectivity index (χ2v) is 12.1. The van der Waals surface area contributed by atoms with Crippen LogP contribution in [0.25, 0.3) is 66.1 Å². The minimum absolute atomic E-state index is 0.235. The van der Waals surface area contributed by atoms with Gasteiger partial charge in [0.25, 0.3) is 0 Å². The van der Waals surface area contributed by atoms with Gasteiger partial charge in [-0.25, -0.2) is 4.39 Å². The van der Waals surface area contributed by atoms with Crippen molar-refractivity contribution in [2.45, 2.75) is 6.42 Å². The van der Waals surface area contributed by atoms with Crippen molar-refractivity contribution in [3.8, 4) is 22.5 Å². The van der Waals surface area contributed by atoms with E-state index in [1.54, 1.807) is 12.1 Å². The van der Waals surface area contributed by atoms with E-state index in [1.807, 2.05) is 48.6 Å². The van der Waals surface area contributed by atoms with Crippen molar-refractivity contribution in [1.82, 2.24) is 9.13 Å². The van der Waals surface area contributed by atoms with E-state index in [1.165, 1.54) is 34.1 Å². The monoisotopic (exact) mass is 635 g/mol. The van der Waals surface area contributed by atoms with Gasteiger partial charge in [-0.3, -0.25) is 0 Å². The van der Waals surface area contributed by atoms with Gasteiger partial charge in [0, 0.05) is 32.9 Å². The van der Waals surface area contributed by atoms with Crippen LogP contribution in [0.15, 0.2) is 182 Å². The Balaban J connectivity index is 1.16.